The van der Waals surface area contributed by atoms with E-state index in [0.29, 0.717) is 23.5 Å². The van der Waals surface area contributed by atoms with E-state index in [-0.39, 0.29) is 0 Å². The van der Waals surface area contributed by atoms with Crippen LogP contribution in [0.5, 0.6) is 5.75 Å². The number of fused-ring (bicyclic) bond motifs is 1. The lowest BCUT2D eigenvalue weighted by atomic mass is 9.73. The summed E-state index contributed by atoms with van der Waals surface area (Å²) in [6, 6.07) is 5.91. The van der Waals surface area contributed by atoms with Gasteiger partial charge in [0.25, 0.3) is 0 Å². The van der Waals surface area contributed by atoms with Gasteiger partial charge in [-0.05, 0) is 60.3 Å². The summed E-state index contributed by atoms with van der Waals surface area (Å²) in [6.45, 7) is 6.93. The first-order valence-corrected chi connectivity index (χ1v) is 6.41. The van der Waals surface area contributed by atoms with Gasteiger partial charge in [0.2, 0.25) is 0 Å². The molecule has 1 aliphatic carbocycles. The van der Waals surface area contributed by atoms with Gasteiger partial charge in [0.1, 0.15) is 5.75 Å². The molecule has 2 unspecified atom stereocenters. The summed E-state index contributed by atoms with van der Waals surface area (Å²) >= 11 is 0. The van der Waals surface area contributed by atoms with Crippen molar-refractivity contribution in [3.63, 3.8) is 0 Å². The van der Waals surface area contributed by atoms with Gasteiger partial charge in [0, 0.05) is 0 Å². The third kappa shape index (κ3) is 2.09. The molecular weight excluding hydrogens is 196 g/mol. The molecular formula is C15H22O. The van der Waals surface area contributed by atoms with Crippen LogP contribution in [0.2, 0.25) is 0 Å². The van der Waals surface area contributed by atoms with Gasteiger partial charge in [-0.15, -0.1) is 0 Å². The fraction of sp³-hybridized carbons (Fsp3) is 0.600. The largest absolute Gasteiger partial charge is 0.508 e. The topological polar surface area (TPSA) is 20.2 Å². The molecule has 1 nitrogen and oxygen atoms in total. The van der Waals surface area contributed by atoms with Crippen LogP contribution in [0.3, 0.4) is 0 Å². The second-order valence-electron chi connectivity index (χ2n) is 5.48. The molecule has 1 N–H and O–H groups in total. The second-order valence-corrected chi connectivity index (χ2v) is 5.48. The van der Waals surface area contributed by atoms with E-state index in [4.69, 9.17) is 0 Å². The smallest absolute Gasteiger partial charge is 0.115 e. The predicted molar refractivity (Wildman–Crippen MR) is 67.8 cm³/mol. The molecule has 88 valence electrons. The van der Waals surface area contributed by atoms with Gasteiger partial charge in [0.15, 0.2) is 0 Å². The summed E-state index contributed by atoms with van der Waals surface area (Å²) in [7, 11) is 0. The molecule has 0 saturated heterocycles. The highest BCUT2D eigenvalue weighted by atomic mass is 16.3. The Bertz CT molecular complexity index is 368. The summed E-state index contributed by atoms with van der Waals surface area (Å²) in [6.07, 6.45) is 3.74. The molecule has 2 rings (SSSR count). The second kappa shape index (κ2) is 4.48. The molecule has 0 spiro atoms. The van der Waals surface area contributed by atoms with Crippen LogP contribution < -0.4 is 0 Å². The van der Waals surface area contributed by atoms with E-state index in [1.165, 1.54) is 30.4 Å². The van der Waals surface area contributed by atoms with E-state index in [1.807, 2.05) is 12.1 Å². The number of phenols is 1. The standard InChI is InChI=1S/C15H22O/c1-10(2)11(3)14-6-4-5-12-7-8-13(16)9-15(12)14/h7-11,14,16H,4-6H2,1-3H3. The fourth-order valence-corrected chi connectivity index (χ4v) is 2.83. The zero-order valence-corrected chi connectivity index (χ0v) is 10.5. The average Bonchev–Trinajstić information content (AvgIpc) is 2.27. The molecule has 0 aliphatic heterocycles. The van der Waals surface area contributed by atoms with Crippen molar-refractivity contribution < 1.29 is 5.11 Å². The summed E-state index contributed by atoms with van der Waals surface area (Å²) in [5, 5.41) is 9.63. The fourth-order valence-electron chi connectivity index (χ4n) is 2.83. The van der Waals surface area contributed by atoms with Gasteiger partial charge in [-0.3, -0.25) is 0 Å². The number of phenolic OH excluding ortho intramolecular Hbond substituents is 1. The maximum atomic E-state index is 9.63. The van der Waals surface area contributed by atoms with Crippen LogP contribution >= 0.6 is 0 Å². The van der Waals surface area contributed by atoms with E-state index in [0.717, 1.165) is 0 Å². The van der Waals surface area contributed by atoms with E-state index >= 15 is 0 Å². The zero-order valence-electron chi connectivity index (χ0n) is 10.5. The molecule has 1 heteroatoms. The van der Waals surface area contributed by atoms with Crippen molar-refractivity contribution in [1.82, 2.24) is 0 Å². The highest BCUT2D eigenvalue weighted by molar-refractivity contribution is 5.39. The van der Waals surface area contributed by atoms with Crippen LogP contribution in [0.25, 0.3) is 0 Å². The van der Waals surface area contributed by atoms with Crippen LogP contribution in [0.4, 0.5) is 0 Å². The molecule has 0 fully saturated rings. The van der Waals surface area contributed by atoms with Crippen molar-refractivity contribution in [2.75, 3.05) is 0 Å². The van der Waals surface area contributed by atoms with Crippen LogP contribution in [0.15, 0.2) is 18.2 Å². The maximum Gasteiger partial charge on any atom is 0.115 e. The third-order valence-corrected chi connectivity index (χ3v) is 4.18. The Morgan fingerprint density at radius 1 is 1.25 bits per heavy atom. The number of benzene rings is 1. The van der Waals surface area contributed by atoms with Gasteiger partial charge < -0.3 is 5.11 Å². The van der Waals surface area contributed by atoms with Gasteiger partial charge in [-0.2, -0.15) is 0 Å². The van der Waals surface area contributed by atoms with E-state index in [9.17, 15) is 5.11 Å². The molecule has 16 heavy (non-hydrogen) atoms. The number of aromatic hydroxyl groups is 1. The zero-order chi connectivity index (χ0) is 11.7. The van der Waals surface area contributed by atoms with Crippen molar-refractivity contribution in [2.24, 2.45) is 11.8 Å². The normalized spacial score (nSPS) is 21.9. The van der Waals surface area contributed by atoms with Crippen LogP contribution in [-0.2, 0) is 6.42 Å². The van der Waals surface area contributed by atoms with E-state index < -0.39 is 0 Å². The molecule has 1 aromatic carbocycles. The van der Waals surface area contributed by atoms with Crippen molar-refractivity contribution in [3.05, 3.63) is 29.3 Å². The summed E-state index contributed by atoms with van der Waals surface area (Å²) in [5.74, 6) is 2.46. The van der Waals surface area contributed by atoms with Gasteiger partial charge >= 0.3 is 0 Å². The van der Waals surface area contributed by atoms with Crippen LogP contribution in [-0.4, -0.2) is 5.11 Å². The van der Waals surface area contributed by atoms with Crippen LogP contribution in [0, 0.1) is 11.8 Å². The molecule has 1 aliphatic rings. The molecule has 0 saturated carbocycles. The number of rotatable bonds is 2. The van der Waals surface area contributed by atoms with Crippen LogP contribution in [0.1, 0.15) is 50.7 Å². The molecule has 0 heterocycles. The Hall–Kier alpha value is -0.980. The quantitative estimate of drug-likeness (QED) is 0.792. The minimum absolute atomic E-state index is 0.418. The summed E-state index contributed by atoms with van der Waals surface area (Å²) in [5.41, 5.74) is 2.84. The molecule has 1 aromatic rings. The van der Waals surface area contributed by atoms with Crippen molar-refractivity contribution in [2.45, 2.75) is 46.0 Å². The lowest BCUT2D eigenvalue weighted by Gasteiger charge is -2.32. The third-order valence-electron chi connectivity index (χ3n) is 4.18. The maximum absolute atomic E-state index is 9.63. The molecule has 2 atom stereocenters. The van der Waals surface area contributed by atoms with Crippen molar-refractivity contribution in [1.29, 1.82) is 0 Å². The Kier molecular flexibility index (Phi) is 3.22. The number of hydrogen-bond donors (Lipinski definition) is 1. The Morgan fingerprint density at radius 3 is 2.69 bits per heavy atom. The predicted octanol–water partition coefficient (Wildman–Crippen LogP) is 4.10. The average molecular weight is 218 g/mol. The first kappa shape index (κ1) is 11.5. The highest BCUT2D eigenvalue weighted by Crippen LogP contribution is 2.40. The molecule has 0 radical (unpaired) electrons. The molecule has 0 aromatic heterocycles. The Morgan fingerprint density at radius 2 is 2.00 bits per heavy atom. The minimum Gasteiger partial charge on any atom is -0.508 e. The molecule has 0 amide bonds. The van der Waals surface area contributed by atoms with Gasteiger partial charge in [0.05, 0.1) is 0 Å². The highest BCUT2D eigenvalue weighted by Gasteiger charge is 2.26. The Balaban J connectivity index is 2.35. The van der Waals surface area contributed by atoms with Crippen molar-refractivity contribution >= 4 is 0 Å². The monoisotopic (exact) mass is 218 g/mol. The van der Waals surface area contributed by atoms with Gasteiger partial charge in [-0.25, -0.2) is 0 Å². The number of aryl methyl sites for hydroxylation is 1. The lowest BCUT2D eigenvalue weighted by molar-refractivity contribution is 0.317. The minimum atomic E-state index is 0.418. The van der Waals surface area contributed by atoms with E-state index in [2.05, 4.69) is 26.8 Å². The van der Waals surface area contributed by atoms with Gasteiger partial charge in [-0.1, -0.05) is 26.8 Å². The summed E-state index contributed by atoms with van der Waals surface area (Å²) in [4.78, 5) is 0. The Labute approximate surface area is 98.5 Å². The summed E-state index contributed by atoms with van der Waals surface area (Å²) < 4.78 is 0. The van der Waals surface area contributed by atoms with E-state index in [1.54, 1.807) is 0 Å². The number of hydrogen-bond acceptors (Lipinski definition) is 1. The SMILES string of the molecule is CC(C)C(C)C1CCCc2ccc(O)cc21. The lowest BCUT2D eigenvalue weighted by Crippen LogP contribution is -2.20. The molecule has 0 bridgehead atoms. The first-order chi connectivity index (χ1) is 7.59. The first-order valence-electron chi connectivity index (χ1n) is 6.41. The van der Waals surface area contributed by atoms with Crippen molar-refractivity contribution in [3.8, 4) is 5.75 Å².